The summed E-state index contributed by atoms with van der Waals surface area (Å²) >= 11 is -2.05. The molecule has 0 fully saturated rings. The molecule has 5 nitrogen and oxygen atoms in total. The highest BCUT2D eigenvalue weighted by atomic mass is 32.2. The number of benzene rings is 2. The first kappa shape index (κ1) is 9.44. The average Bonchev–Trinajstić information content (AvgIpc) is 2.75. The van der Waals surface area contributed by atoms with Crippen LogP contribution in [0.15, 0.2) is 39.8 Å². The quantitative estimate of drug-likeness (QED) is 0.651. The summed E-state index contributed by atoms with van der Waals surface area (Å²) in [5.74, 6) is 0. The van der Waals surface area contributed by atoms with Crippen LogP contribution in [0.25, 0.3) is 21.9 Å². The van der Waals surface area contributed by atoms with Crippen molar-refractivity contribution in [2.45, 2.75) is 4.90 Å². The van der Waals surface area contributed by atoms with Crippen molar-refractivity contribution in [1.29, 1.82) is 0 Å². The predicted molar refractivity (Wildman–Crippen MR) is 58.3 cm³/mol. The highest BCUT2D eigenvalue weighted by Gasteiger charge is 2.13. The second-order valence-corrected chi connectivity index (χ2v) is 4.23. The van der Waals surface area contributed by atoms with Crippen molar-refractivity contribution in [3.8, 4) is 0 Å². The van der Waals surface area contributed by atoms with Crippen molar-refractivity contribution in [2.24, 2.45) is 0 Å². The molecule has 0 bridgehead atoms. The van der Waals surface area contributed by atoms with E-state index < -0.39 is 11.1 Å². The molecular weight excluding hydrogens is 228 g/mol. The van der Waals surface area contributed by atoms with E-state index in [-0.39, 0.29) is 0 Å². The third-order valence-electron chi connectivity index (χ3n) is 2.41. The lowest BCUT2D eigenvalue weighted by molar-refractivity contribution is 0.426. The second-order valence-electron chi connectivity index (χ2n) is 3.29. The van der Waals surface area contributed by atoms with Gasteiger partial charge in [0.15, 0.2) is 16.7 Å². The van der Waals surface area contributed by atoms with Crippen LogP contribution in [0.3, 0.4) is 0 Å². The fourth-order valence-electron chi connectivity index (χ4n) is 1.72. The molecule has 0 saturated heterocycles. The van der Waals surface area contributed by atoms with Gasteiger partial charge in [0.1, 0.15) is 5.52 Å². The average molecular weight is 234 g/mol. The molecule has 0 spiro atoms. The van der Waals surface area contributed by atoms with Crippen LogP contribution < -0.4 is 0 Å². The van der Waals surface area contributed by atoms with E-state index in [4.69, 9.17) is 4.52 Å². The summed E-state index contributed by atoms with van der Waals surface area (Å²) in [5, 5.41) is 8.61. The first-order valence-corrected chi connectivity index (χ1v) is 5.63. The van der Waals surface area contributed by atoms with E-state index in [2.05, 4.69) is 10.4 Å². The number of aromatic nitrogens is 2. The van der Waals surface area contributed by atoms with Gasteiger partial charge in [0.05, 0.1) is 4.90 Å². The molecule has 0 aliphatic rings. The van der Waals surface area contributed by atoms with E-state index in [0.717, 1.165) is 5.39 Å². The van der Waals surface area contributed by atoms with Gasteiger partial charge in [0, 0.05) is 16.0 Å². The number of rotatable bonds is 1. The summed E-state index contributed by atoms with van der Waals surface area (Å²) in [6.07, 6.45) is 0. The van der Waals surface area contributed by atoms with Gasteiger partial charge in [-0.05, 0) is 6.07 Å². The van der Waals surface area contributed by atoms with Crippen molar-refractivity contribution in [3.05, 3.63) is 30.3 Å². The summed E-state index contributed by atoms with van der Waals surface area (Å²) in [6, 6.07) is 8.72. The molecule has 3 aromatic rings. The van der Waals surface area contributed by atoms with Crippen LogP contribution in [0.5, 0.6) is 0 Å². The fourth-order valence-corrected chi connectivity index (χ4v) is 2.30. The lowest BCUT2D eigenvalue weighted by Gasteiger charge is -2.01. The molecule has 6 heteroatoms. The minimum absolute atomic E-state index is 0.318. The molecule has 1 unspecified atom stereocenters. The van der Waals surface area contributed by atoms with E-state index in [1.165, 1.54) is 6.07 Å². The molecule has 1 heterocycles. The van der Waals surface area contributed by atoms with Gasteiger partial charge >= 0.3 is 0 Å². The molecule has 0 aliphatic heterocycles. The van der Waals surface area contributed by atoms with Crippen LogP contribution >= 0.6 is 0 Å². The third kappa shape index (κ3) is 1.24. The Morgan fingerprint density at radius 1 is 1.25 bits per heavy atom. The van der Waals surface area contributed by atoms with Crippen LogP contribution in [-0.4, -0.2) is 19.1 Å². The molecule has 2 aromatic carbocycles. The SMILES string of the molecule is O=S(O)c1cc2nnoc2c2ccccc12. The van der Waals surface area contributed by atoms with E-state index in [0.29, 0.717) is 21.4 Å². The molecular formula is C10H6N2O3S. The molecule has 16 heavy (non-hydrogen) atoms. The molecule has 0 radical (unpaired) electrons. The van der Waals surface area contributed by atoms with Gasteiger partial charge in [0.2, 0.25) is 0 Å². The zero-order chi connectivity index (χ0) is 11.1. The Bertz CT molecular complexity index is 707. The Kier molecular flexibility index (Phi) is 1.98. The van der Waals surface area contributed by atoms with Gasteiger partial charge in [-0.15, -0.1) is 5.10 Å². The van der Waals surface area contributed by atoms with Crippen molar-refractivity contribution in [3.63, 3.8) is 0 Å². The maximum Gasteiger partial charge on any atom is 0.195 e. The van der Waals surface area contributed by atoms with E-state index >= 15 is 0 Å². The van der Waals surface area contributed by atoms with Crippen molar-refractivity contribution < 1.29 is 13.3 Å². The Morgan fingerprint density at radius 2 is 2.00 bits per heavy atom. The summed E-state index contributed by atoms with van der Waals surface area (Å²) < 4.78 is 25.4. The predicted octanol–water partition coefficient (Wildman–Crippen LogP) is 1.96. The maximum absolute atomic E-state index is 11.2. The topological polar surface area (TPSA) is 76.2 Å². The maximum atomic E-state index is 11.2. The van der Waals surface area contributed by atoms with E-state index in [1.54, 1.807) is 18.2 Å². The minimum atomic E-state index is -2.05. The Morgan fingerprint density at radius 3 is 2.75 bits per heavy atom. The molecule has 1 N–H and O–H groups in total. The molecule has 0 saturated carbocycles. The number of hydrogen-bond donors (Lipinski definition) is 1. The third-order valence-corrected chi connectivity index (χ3v) is 3.12. The molecule has 80 valence electrons. The van der Waals surface area contributed by atoms with Crippen molar-refractivity contribution >= 4 is 33.0 Å². The summed E-state index contributed by atoms with van der Waals surface area (Å²) in [4.78, 5) is 0.318. The zero-order valence-corrected chi connectivity index (χ0v) is 8.77. The highest BCUT2D eigenvalue weighted by molar-refractivity contribution is 7.79. The van der Waals surface area contributed by atoms with Gasteiger partial charge in [0.25, 0.3) is 0 Å². The van der Waals surface area contributed by atoms with Crippen LogP contribution in [0.1, 0.15) is 0 Å². The highest BCUT2D eigenvalue weighted by Crippen LogP contribution is 2.28. The van der Waals surface area contributed by atoms with Gasteiger partial charge in [-0.25, -0.2) is 4.21 Å². The van der Waals surface area contributed by atoms with Crippen molar-refractivity contribution in [1.82, 2.24) is 10.4 Å². The van der Waals surface area contributed by atoms with E-state index in [9.17, 15) is 8.76 Å². The molecule has 1 aromatic heterocycles. The van der Waals surface area contributed by atoms with Crippen LogP contribution in [-0.2, 0) is 11.1 Å². The Hall–Kier alpha value is -1.79. The molecule has 3 rings (SSSR count). The van der Waals surface area contributed by atoms with Gasteiger partial charge < -0.3 is 9.08 Å². The number of nitrogens with zero attached hydrogens (tertiary/aromatic N) is 2. The lowest BCUT2D eigenvalue weighted by atomic mass is 10.1. The van der Waals surface area contributed by atoms with Crippen LogP contribution in [0.2, 0.25) is 0 Å². The van der Waals surface area contributed by atoms with Gasteiger partial charge in [-0.3, -0.25) is 0 Å². The molecule has 0 aliphatic carbocycles. The Balaban J connectivity index is 2.60. The summed E-state index contributed by atoms with van der Waals surface area (Å²) in [7, 11) is 0. The normalized spacial score (nSPS) is 13.3. The minimum Gasteiger partial charge on any atom is -0.336 e. The fraction of sp³-hybridized carbons (Fsp3) is 0. The zero-order valence-electron chi connectivity index (χ0n) is 7.95. The lowest BCUT2D eigenvalue weighted by Crippen LogP contribution is -1.90. The first-order chi connectivity index (χ1) is 7.77. The number of fused-ring (bicyclic) bond motifs is 3. The van der Waals surface area contributed by atoms with Gasteiger partial charge in [-0.2, -0.15) is 0 Å². The largest absolute Gasteiger partial charge is 0.336 e. The van der Waals surface area contributed by atoms with E-state index in [1.807, 2.05) is 6.07 Å². The van der Waals surface area contributed by atoms with Gasteiger partial charge in [-0.1, -0.05) is 24.3 Å². The summed E-state index contributed by atoms with van der Waals surface area (Å²) in [6.45, 7) is 0. The second kappa shape index (κ2) is 3.36. The van der Waals surface area contributed by atoms with Crippen LogP contribution in [0, 0.1) is 0 Å². The summed E-state index contributed by atoms with van der Waals surface area (Å²) in [5.41, 5.74) is 1.01. The molecule has 0 amide bonds. The van der Waals surface area contributed by atoms with Crippen molar-refractivity contribution in [2.75, 3.05) is 0 Å². The first-order valence-electron chi connectivity index (χ1n) is 4.52. The standard InChI is InChI=1S/C10H6N2O3S/c13-16(14)9-5-8-10(15-12-11-8)7-4-2-1-3-6(7)9/h1-5H,(H,13,14). The number of hydrogen-bond acceptors (Lipinski definition) is 4. The Labute approximate surface area is 92.3 Å². The smallest absolute Gasteiger partial charge is 0.195 e. The van der Waals surface area contributed by atoms with Crippen LogP contribution in [0.4, 0.5) is 0 Å². The molecule has 1 atom stereocenters. The monoisotopic (exact) mass is 234 g/mol.